The average molecular weight is 313 g/mol. The Labute approximate surface area is 139 Å². The topological polar surface area (TPSA) is 38.3 Å². The summed E-state index contributed by atoms with van der Waals surface area (Å²) in [4.78, 5) is 12.0. The quantitative estimate of drug-likeness (QED) is 0.421. The molecule has 0 atom stereocenters. The second kappa shape index (κ2) is 10.4. The van der Waals surface area contributed by atoms with Gasteiger partial charge in [-0.2, -0.15) is 0 Å². The molecule has 0 spiro atoms. The zero-order valence-electron chi connectivity index (χ0n) is 14.3. The molecule has 0 aromatic heterocycles. The molecule has 0 bridgehead atoms. The van der Waals surface area contributed by atoms with E-state index in [1.165, 1.54) is 5.56 Å². The lowest BCUT2D eigenvalue weighted by Crippen LogP contribution is -2.26. The van der Waals surface area contributed by atoms with Crippen LogP contribution in [-0.2, 0) is 4.79 Å². The number of nitrogens with one attached hydrogen (secondary N) is 1. The van der Waals surface area contributed by atoms with Crippen molar-refractivity contribution in [1.82, 2.24) is 5.32 Å². The Hall–Kier alpha value is -2.29. The minimum atomic E-state index is -0.108. The van der Waals surface area contributed by atoms with Crippen LogP contribution in [0.4, 0.5) is 0 Å². The first-order chi connectivity index (χ1) is 11.0. The van der Waals surface area contributed by atoms with Gasteiger partial charge in [-0.05, 0) is 37.5 Å². The van der Waals surface area contributed by atoms with E-state index in [4.69, 9.17) is 4.74 Å². The molecule has 0 saturated carbocycles. The number of hydrogen-bond acceptors (Lipinski definition) is 2. The Morgan fingerprint density at radius 3 is 2.61 bits per heavy atom. The van der Waals surface area contributed by atoms with E-state index in [0.717, 1.165) is 12.2 Å². The molecular weight excluding hydrogens is 286 g/mol. The van der Waals surface area contributed by atoms with Crippen LogP contribution in [0, 0.1) is 12.8 Å². The van der Waals surface area contributed by atoms with E-state index in [9.17, 15) is 4.79 Å². The highest BCUT2D eigenvalue weighted by atomic mass is 16.5. The molecule has 0 unspecified atom stereocenters. The number of allylic oxidation sites excluding steroid dienone is 3. The fraction of sp³-hybridized carbons (Fsp3) is 0.350. The minimum absolute atomic E-state index is 0.108. The van der Waals surface area contributed by atoms with Crippen molar-refractivity contribution < 1.29 is 9.53 Å². The number of aryl methyl sites for hydroxylation is 1. The average Bonchev–Trinajstić information content (AvgIpc) is 2.52. The Morgan fingerprint density at radius 2 is 2.00 bits per heavy atom. The largest absolute Gasteiger partial charge is 0.494 e. The van der Waals surface area contributed by atoms with Crippen LogP contribution >= 0.6 is 0 Å². The Kier molecular flexibility index (Phi) is 8.51. The van der Waals surface area contributed by atoms with Gasteiger partial charge in [0.15, 0.2) is 0 Å². The molecule has 0 aliphatic carbocycles. The number of benzene rings is 1. The van der Waals surface area contributed by atoms with Gasteiger partial charge in [0.1, 0.15) is 5.75 Å². The Balaban J connectivity index is 2.29. The minimum Gasteiger partial charge on any atom is -0.494 e. The van der Waals surface area contributed by atoms with Gasteiger partial charge < -0.3 is 10.1 Å². The number of ether oxygens (including phenoxy) is 1. The van der Waals surface area contributed by atoms with Gasteiger partial charge in [0.05, 0.1) is 6.61 Å². The number of rotatable bonds is 9. The SMILES string of the molecule is C=C/C(=C\C=C/C(C)C)C(=O)NCCCOc1ccc(C)cc1. The summed E-state index contributed by atoms with van der Waals surface area (Å²) in [5.41, 5.74) is 1.78. The zero-order chi connectivity index (χ0) is 17.1. The molecule has 23 heavy (non-hydrogen) atoms. The lowest BCUT2D eigenvalue weighted by Gasteiger charge is -2.08. The van der Waals surface area contributed by atoms with Crippen molar-refractivity contribution in [3.05, 3.63) is 66.3 Å². The molecule has 3 heteroatoms. The maximum Gasteiger partial charge on any atom is 0.251 e. The van der Waals surface area contributed by atoms with Crippen LogP contribution < -0.4 is 10.1 Å². The highest BCUT2D eigenvalue weighted by Crippen LogP contribution is 2.11. The van der Waals surface area contributed by atoms with Gasteiger partial charge in [0, 0.05) is 12.1 Å². The molecule has 1 aromatic carbocycles. The molecule has 0 fully saturated rings. The van der Waals surface area contributed by atoms with Crippen molar-refractivity contribution in [1.29, 1.82) is 0 Å². The summed E-state index contributed by atoms with van der Waals surface area (Å²) in [5, 5.41) is 2.87. The van der Waals surface area contributed by atoms with Gasteiger partial charge in [0.25, 0.3) is 5.91 Å². The maximum absolute atomic E-state index is 12.0. The maximum atomic E-state index is 12.0. The predicted octanol–water partition coefficient (Wildman–Crippen LogP) is 4.20. The van der Waals surface area contributed by atoms with E-state index < -0.39 is 0 Å². The van der Waals surface area contributed by atoms with Crippen LogP contribution in [0.15, 0.2) is 60.7 Å². The summed E-state index contributed by atoms with van der Waals surface area (Å²) in [6.45, 7) is 11.1. The van der Waals surface area contributed by atoms with E-state index in [0.29, 0.717) is 24.6 Å². The monoisotopic (exact) mass is 313 g/mol. The van der Waals surface area contributed by atoms with Crippen molar-refractivity contribution in [2.24, 2.45) is 5.92 Å². The molecule has 0 heterocycles. The van der Waals surface area contributed by atoms with Crippen LogP contribution in [0.5, 0.6) is 5.75 Å². The lowest BCUT2D eigenvalue weighted by atomic mass is 10.1. The molecule has 1 aromatic rings. The number of carbonyl (C=O) groups is 1. The van der Waals surface area contributed by atoms with Crippen molar-refractivity contribution in [2.75, 3.05) is 13.2 Å². The van der Waals surface area contributed by atoms with Crippen LogP contribution in [0.3, 0.4) is 0 Å². The Bertz CT molecular complexity index is 554. The van der Waals surface area contributed by atoms with Crippen LogP contribution in [-0.4, -0.2) is 19.1 Å². The second-order valence-corrected chi connectivity index (χ2v) is 5.73. The third-order valence-corrected chi connectivity index (χ3v) is 3.15. The fourth-order valence-electron chi connectivity index (χ4n) is 1.82. The highest BCUT2D eigenvalue weighted by Gasteiger charge is 2.03. The summed E-state index contributed by atoms with van der Waals surface area (Å²) in [5.74, 6) is 1.20. The molecule has 0 saturated heterocycles. The summed E-state index contributed by atoms with van der Waals surface area (Å²) >= 11 is 0. The molecule has 0 aliphatic rings. The van der Waals surface area contributed by atoms with Crippen molar-refractivity contribution >= 4 is 5.91 Å². The lowest BCUT2D eigenvalue weighted by molar-refractivity contribution is -0.117. The molecule has 3 nitrogen and oxygen atoms in total. The van der Waals surface area contributed by atoms with Gasteiger partial charge in [-0.25, -0.2) is 0 Å². The van der Waals surface area contributed by atoms with Crippen LogP contribution in [0.25, 0.3) is 0 Å². The van der Waals surface area contributed by atoms with Crippen LogP contribution in [0.2, 0.25) is 0 Å². The fourth-order valence-corrected chi connectivity index (χ4v) is 1.82. The third kappa shape index (κ3) is 8.05. The second-order valence-electron chi connectivity index (χ2n) is 5.73. The van der Waals surface area contributed by atoms with Crippen molar-refractivity contribution in [3.8, 4) is 5.75 Å². The summed E-state index contributed by atoms with van der Waals surface area (Å²) in [6.07, 6.45) is 8.04. The van der Waals surface area contributed by atoms with Crippen LogP contribution in [0.1, 0.15) is 25.8 Å². The van der Waals surface area contributed by atoms with E-state index in [-0.39, 0.29) is 5.91 Å². The molecule has 0 aliphatic heterocycles. The van der Waals surface area contributed by atoms with Gasteiger partial charge in [-0.3, -0.25) is 4.79 Å². The first-order valence-electron chi connectivity index (χ1n) is 8.01. The van der Waals surface area contributed by atoms with E-state index in [2.05, 4.69) is 25.7 Å². The first-order valence-corrected chi connectivity index (χ1v) is 8.01. The van der Waals surface area contributed by atoms with Gasteiger partial charge >= 0.3 is 0 Å². The highest BCUT2D eigenvalue weighted by molar-refractivity contribution is 5.96. The molecule has 1 amide bonds. The van der Waals surface area contributed by atoms with Gasteiger partial charge in [-0.1, -0.05) is 56.4 Å². The zero-order valence-corrected chi connectivity index (χ0v) is 14.3. The number of amides is 1. The summed E-state index contributed by atoms with van der Waals surface area (Å²) in [6, 6.07) is 7.94. The summed E-state index contributed by atoms with van der Waals surface area (Å²) in [7, 11) is 0. The molecular formula is C20H27NO2. The normalized spacial score (nSPS) is 11.7. The molecule has 1 rings (SSSR count). The first kappa shape index (κ1) is 18.8. The van der Waals surface area contributed by atoms with E-state index in [1.807, 2.05) is 43.3 Å². The molecule has 124 valence electrons. The van der Waals surface area contributed by atoms with E-state index in [1.54, 1.807) is 12.2 Å². The smallest absolute Gasteiger partial charge is 0.251 e. The van der Waals surface area contributed by atoms with Gasteiger partial charge in [-0.15, -0.1) is 0 Å². The van der Waals surface area contributed by atoms with Gasteiger partial charge in [0.2, 0.25) is 0 Å². The summed E-state index contributed by atoms with van der Waals surface area (Å²) < 4.78 is 5.62. The predicted molar refractivity (Wildman–Crippen MR) is 96.6 cm³/mol. The van der Waals surface area contributed by atoms with Crippen molar-refractivity contribution in [3.63, 3.8) is 0 Å². The molecule has 0 radical (unpaired) electrons. The van der Waals surface area contributed by atoms with Crippen molar-refractivity contribution in [2.45, 2.75) is 27.2 Å². The van der Waals surface area contributed by atoms with E-state index >= 15 is 0 Å². The number of carbonyl (C=O) groups excluding carboxylic acids is 1. The number of hydrogen-bond donors (Lipinski definition) is 1. The standard InChI is InChI=1S/C20H27NO2/c1-5-18(9-6-8-16(2)3)20(22)21-14-7-15-23-19-12-10-17(4)11-13-19/h5-6,8-13,16H,1,7,14-15H2,2-4H3,(H,21,22)/b8-6-,18-9+. The molecule has 1 N–H and O–H groups in total. The Morgan fingerprint density at radius 1 is 1.30 bits per heavy atom. The third-order valence-electron chi connectivity index (χ3n) is 3.15.